The lowest BCUT2D eigenvalue weighted by molar-refractivity contribution is -0.138. The summed E-state index contributed by atoms with van der Waals surface area (Å²) in [4.78, 5) is 10.6. The Labute approximate surface area is 122 Å². The van der Waals surface area contributed by atoms with E-state index in [2.05, 4.69) is 15.9 Å². The number of unbranched alkanes of at least 4 members (excludes halogenated alkanes) is 7. The molecule has 0 saturated heterocycles. The molecule has 17 heavy (non-hydrogen) atoms. The Balaban J connectivity index is 3.27. The highest BCUT2D eigenvalue weighted by molar-refractivity contribution is 9.09. The van der Waals surface area contributed by atoms with Crippen LogP contribution in [-0.2, 0) is 4.79 Å². The number of halogens is 3. The number of rotatable bonds is 11. The number of carboxylic acid groups (broad SMARTS) is 1. The zero-order chi connectivity index (χ0) is 13.1. The van der Waals surface area contributed by atoms with Gasteiger partial charge in [0.2, 0.25) is 4.33 Å². The SMILES string of the molecule is O=C(O)C(Cl)(Cl)CCCCCCCCCCBr. The lowest BCUT2D eigenvalue weighted by atomic mass is 10.1. The highest BCUT2D eigenvalue weighted by atomic mass is 79.9. The van der Waals surface area contributed by atoms with Gasteiger partial charge in [-0.2, -0.15) is 0 Å². The second-order valence-electron chi connectivity index (χ2n) is 4.28. The van der Waals surface area contributed by atoms with Crippen molar-refractivity contribution in [3.05, 3.63) is 0 Å². The Bertz CT molecular complexity index is 211. The van der Waals surface area contributed by atoms with Crippen molar-refractivity contribution in [3.63, 3.8) is 0 Å². The van der Waals surface area contributed by atoms with Crippen molar-refractivity contribution < 1.29 is 9.90 Å². The van der Waals surface area contributed by atoms with Gasteiger partial charge in [0.05, 0.1) is 0 Å². The quantitative estimate of drug-likeness (QED) is 0.414. The molecule has 1 N–H and O–H groups in total. The maximum Gasteiger partial charge on any atom is 0.340 e. The van der Waals surface area contributed by atoms with E-state index in [1.807, 2.05) is 0 Å². The van der Waals surface area contributed by atoms with Gasteiger partial charge >= 0.3 is 5.97 Å². The van der Waals surface area contributed by atoms with Gasteiger partial charge in [0.25, 0.3) is 0 Å². The molecule has 0 amide bonds. The van der Waals surface area contributed by atoms with Crippen molar-refractivity contribution in [1.29, 1.82) is 0 Å². The van der Waals surface area contributed by atoms with Crippen molar-refractivity contribution in [2.45, 2.75) is 62.1 Å². The summed E-state index contributed by atoms with van der Waals surface area (Å²) in [5.41, 5.74) is 0. The molecule has 0 radical (unpaired) electrons. The van der Waals surface area contributed by atoms with Gasteiger partial charge in [-0.15, -0.1) is 0 Å². The first-order valence-corrected chi connectivity index (χ1v) is 8.05. The molecule has 0 aliphatic rings. The monoisotopic (exact) mass is 346 g/mol. The van der Waals surface area contributed by atoms with Gasteiger partial charge in [-0.05, 0) is 19.3 Å². The fourth-order valence-corrected chi connectivity index (χ4v) is 2.27. The first-order chi connectivity index (χ1) is 8.00. The Morgan fingerprint density at radius 3 is 1.76 bits per heavy atom. The summed E-state index contributed by atoms with van der Waals surface area (Å²) in [5, 5.41) is 9.79. The zero-order valence-electron chi connectivity index (χ0n) is 10.1. The van der Waals surface area contributed by atoms with E-state index in [0.717, 1.165) is 24.6 Å². The smallest absolute Gasteiger partial charge is 0.340 e. The summed E-state index contributed by atoms with van der Waals surface area (Å²) >= 11 is 14.7. The Hall–Kier alpha value is 0.530. The van der Waals surface area contributed by atoms with Gasteiger partial charge in [-0.1, -0.05) is 77.7 Å². The average Bonchev–Trinajstić information content (AvgIpc) is 2.26. The van der Waals surface area contributed by atoms with Crippen LogP contribution < -0.4 is 0 Å². The summed E-state index contributed by atoms with van der Waals surface area (Å²) in [7, 11) is 0. The molecule has 102 valence electrons. The van der Waals surface area contributed by atoms with Crippen LogP contribution in [0.3, 0.4) is 0 Å². The van der Waals surface area contributed by atoms with Gasteiger partial charge in [0.1, 0.15) is 0 Å². The highest BCUT2D eigenvalue weighted by Gasteiger charge is 2.32. The standard InChI is InChI=1S/C12H21BrCl2O2/c13-10-8-6-4-2-1-3-5-7-9-12(14,15)11(16)17/h1-10H2,(H,16,17). The van der Waals surface area contributed by atoms with E-state index in [4.69, 9.17) is 28.3 Å². The van der Waals surface area contributed by atoms with Crippen LogP contribution in [-0.4, -0.2) is 20.7 Å². The third kappa shape index (κ3) is 10.2. The number of hydrogen-bond acceptors (Lipinski definition) is 1. The lowest BCUT2D eigenvalue weighted by Gasteiger charge is -2.13. The molecule has 2 nitrogen and oxygen atoms in total. The minimum Gasteiger partial charge on any atom is -0.479 e. The molecule has 0 heterocycles. The van der Waals surface area contributed by atoms with E-state index in [1.54, 1.807) is 0 Å². The number of alkyl halides is 3. The van der Waals surface area contributed by atoms with Crippen molar-refractivity contribution in [2.75, 3.05) is 5.33 Å². The van der Waals surface area contributed by atoms with Gasteiger partial charge in [0, 0.05) is 5.33 Å². The van der Waals surface area contributed by atoms with Crippen LogP contribution in [0.2, 0.25) is 0 Å². The van der Waals surface area contributed by atoms with Crippen LogP contribution in [0.5, 0.6) is 0 Å². The molecule has 0 spiro atoms. The molecule has 0 saturated carbocycles. The zero-order valence-corrected chi connectivity index (χ0v) is 13.2. The molecule has 0 bridgehead atoms. The first kappa shape index (κ1) is 17.5. The summed E-state index contributed by atoms with van der Waals surface area (Å²) < 4.78 is -1.60. The maximum atomic E-state index is 10.6. The summed E-state index contributed by atoms with van der Waals surface area (Å²) in [5.74, 6) is -1.14. The van der Waals surface area contributed by atoms with E-state index in [1.165, 1.54) is 32.1 Å². The Morgan fingerprint density at radius 1 is 0.941 bits per heavy atom. The van der Waals surface area contributed by atoms with E-state index in [0.29, 0.717) is 6.42 Å². The minimum absolute atomic E-state index is 0.328. The number of hydrogen-bond donors (Lipinski definition) is 1. The first-order valence-electron chi connectivity index (χ1n) is 6.18. The molecule has 0 unspecified atom stereocenters. The van der Waals surface area contributed by atoms with Gasteiger partial charge in [-0.25, -0.2) is 4.79 Å². The second kappa shape index (κ2) is 10.5. The summed E-state index contributed by atoms with van der Waals surface area (Å²) in [6.45, 7) is 0. The van der Waals surface area contributed by atoms with Gasteiger partial charge in [-0.3, -0.25) is 0 Å². The molecule has 5 heteroatoms. The minimum atomic E-state index is -1.60. The predicted octanol–water partition coefficient (Wildman–Crippen LogP) is 5.15. The van der Waals surface area contributed by atoms with E-state index < -0.39 is 10.3 Å². The van der Waals surface area contributed by atoms with Crippen LogP contribution >= 0.6 is 39.1 Å². The predicted molar refractivity (Wildman–Crippen MR) is 77.4 cm³/mol. The molecule has 0 rings (SSSR count). The van der Waals surface area contributed by atoms with Crippen molar-refractivity contribution in [2.24, 2.45) is 0 Å². The van der Waals surface area contributed by atoms with Crippen molar-refractivity contribution in [3.8, 4) is 0 Å². The summed E-state index contributed by atoms with van der Waals surface area (Å²) in [6.07, 6.45) is 9.55. The third-order valence-electron chi connectivity index (χ3n) is 2.69. The van der Waals surface area contributed by atoms with Crippen LogP contribution in [0.4, 0.5) is 0 Å². The van der Waals surface area contributed by atoms with E-state index >= 15 is 0 Å². The largest absolute Gasteiger partial charge is 0.479 e. The normalized spacial score (nSPS) is 11.7. The van der Waals surface area contributed by atoms with Crippen LogP contribution in [0.1, 0.15) is 57.8 Å². The average molecular weight is 348 g/mol. The maximum absolute atomic E-state index is 10.6. The van der Waals surface area contributed by atoms with Gasteiger partial charge in [0.15, 0.2) is 0 Å². The van der Waals surface area contributed by atoms with Crippen LogP contribution in [0, 0.1) is 0 Å². The molecule has 0 aliphatic heterocycles. The van der Waals surface area contributed by atoms with E-state index in [-0.39, 0.29) is 0 Å². The molecule has 0 aromatic rings. The lowest BCUT2D eigenvalue weighted by Crippen LogP contribution is -2.25. The Kier molecular flexibility index (Phi) is 10.8. The topological polar surface area (TPSA) is 37.3 Å². The fourth-order valence-electron chi connectivity index (χ4n) is 1.61. The molecular weight excluding hydrogens is 327 g/mol. The highest BCUT2D eigenvalue weighted by Crippen LogP contribution is 2.28. The number of aliphatic carboxylic acids is 1. The molecular formula is C12H21BrCl2O2. The fraction of sp³-hybridized carbons (Fsp3) is 0.917. The van der Waals surface area contributed by atoms with Gasteiger partial charge < -0.3 is 5.11 Å². The van der Waals surface area contributed by atoms with E-state index in [9.17, 15) is 4.79 Å². The second-order valence-corrected chi connectivity index (χ2v) is 6.55. The van der Waals surface area contributed by atoms with Crippen LogP contribution in [0.25, 0.3) is 0 Å². The molecule has 0 fully saturated rings. The molecule has 0 aliphatic carbocycles. The number of carbonyl (C=O) groups is 1. The number of carboxylic acids is 1. The molecule has 0 aromatic carbocycles. The third-order valence-corrected chi connectivity index (χ3v) is 3.95. The van der Waals surface area contributed by atoms with Crippen molar-refractivity contribution >= 4 is 45.1 Å². The molecule has 0 aromatic heterocycles. The Morgan fingerprint density at radius 2 is 1.35 bits per heavy atom. The summed E-state index contributed by atoms with van der Waals surface area (Å²) in [6, 6.07) is 0. The van der Waals surface area contributed by atoms with Crippen LogP contribution in [0.15, 0.2) is 0 Å². The van der Waals surface area contributed by atoms with Crippen molar-refractivity contribution in [1.82, 2.24) is 0 Å². The molecule has 0 atom stereocenters.